The molecule has 0 radical (unpaired) electrons. The monoisotopic (exact) mass is 233 g/mol. The molecule has 1 saturated heterocycles. The number of aromatic nitrogens is 3. The van der Waals surface area contributed by atoms with Gasteiger partial charge in [-0.15, -0.1) is 0 Å². The summed E-state index contributed by atoms with van der Waals surface area (Å²) in [5.74, 6) is 0.768. The summed E-state index contributed by atoms with van der Waals surface area (Å²) in [5.41, 5.74) is 0.806. The molecule has 1 aliphatic heterocycles. The molecule has 90 valence electrons. The number of aromatic amines is 1. The maximum Gasteiger partial charge on any atom is 0.142 e. The second kappa shape index (κ2) is 4.31. The van der Waals surface area contributed by atoms with E-state index in [-0.39, 0.29) is 12.1 Å². The third-order valence-electron chi connectivity index (χ3n) is 3.12. The average Bonchev–Trinajstić information content (AvgIpc) is 2.81. The maximum atomic E-state index is 9.90. The second-order valence-corrected chi connectivity index (χ2v) is 4.27. The molecule has 1 aliphatic rings. The largest absolute Gasteiger partial charge is 0.391 e. The first-order valence-corrected chi connectivity index (χ1v) is 5.78. The normalized spacial score (nSPS) is 25.0. The number of hydrogen-bond donors (Lipinski definition) is 4. The zero-order valence-corrected chi connectivity index (χ0v) is 9.35. The zero-order valence-electron chi connectivity index (χ0n) is 9.35. The van der Waals surface area contributed by atoms with Gasteiger partial charge >= 0.3 is 0 Å². The molecule has 6 heteroatoms. The van der Waals surface area contributed by atoms with Crippen LogP contribution in [-0.4, -0.2) is 45.3 Å². The number of nitrogens with one attached hydrogen (secondary N) is 3. The van der Waals surface area contributed by atoms with Crippen molar-refractivity contribution in [3.63, 3.8) is 0 Å². The smallest absolute Gasteiger partial charge is 0.142 e. The average molecular weight is 233 g/mol. The lowest BCUT2D eigenvalue weighted by Crippen LogP contribution is -2.48. The van der Waals surface area contributed by atoms with Crippen molar-refractivity contribution in [1.29, 1.82) is 0 Å². The maximum absolute atomic E-state index is 9.90. The lowest BCUT2D eigenvalue weighted by molar-refractivity contribution is 0.124. The SMILES string of the molecule is O[C@@H]1CCNC[C@@H]1Nc1ncnc2[nH]ccc12. The van der Waals surface area contributed by atoms with E-state index in [1.807, 2.05) is 12.3 Å². The summed E-state index contributed by atoms with van der Waals surface area (Å²) in [7, 11) is 0. The van der Waals surface area contributed by atoms with Crippen molar-refractivity contribution in [2.24, 2.45) is 0 Å². The van der Waals surface area contributed by atoms with Gasteiger partial charge in [-0.25, -0.2) is 9.97 Å². The summed E-state index contributed by atoms with van der Waals surface area (Å²) >= 11 is 0. The van der Waals surface area contributed by atoms with Gasteiger partial charge in [0.15, 0.2) is 0 Å². The van der Waals surface area contributed by atoms with Crippen LogP contribution in [0.1, 0.15) is 6.42 Å². The number of fused-ring (bicyclic) bond motifs is 1. The molecule has 17 heavy (non-hydrogen) atoms. The standard InChI is InChI=1S/C11H15N5O/c17-9-2-3-12-5-8(9)16-11-7-1-4-13-10(7)14-6-15-11/h1,4,6,8-9,12,17H,2-3,5H2,(H2,13,14,15,16)/t8-,9+/m0/s1. The van der Waals surface area contributed by atoms with Crippen LogP contribution >= 0.6 is 0 Å². The van der Waals surface area contributed by atoms with Crippen molar-refractivity contribution < 1.29 is 5.11 Å². The van der Waals surface area contributed by atoms with Crippen LogP contribution in [0.4, 0.5) is 5.82 Å². The Morgan fingerprint density at radius 3 is 3.24 bits per heavy atom. The van der Waals surface area contributed by atoms with E-state index in [1.54, 1.807) is 0 Å². The Labute approximate surface area is 98.5 Å². The molecule has 2 aromatic heterocycles. The van der Waals surface area contributed by atoms with Crippen LogP contribution in [0.25, 0.3) is 11.0 Å². The van der Waals surface area contributed by atoms with Crippen molar-refractivity contribution in [3.8, 4) is 0 Å². The van der Waals surface area contributed by atoms with Crippen LogP contribution < -0.4 is 10.6 Å². The van der Waals surface area contributed by atoms with Crippen LogP contribution in [0, 0.1) is 0 Å². The molecule has 0 aliphatic carbocycles. The van der Waals surface area contributed by atoms with Crippen LogP contribution in [-0.2, 0) is 0 Å². The van der Waals surface area contributed by atoms with Gasteiger partial charge in [0.1, 0.15) is 17.8 Å². The van der Waals surface area contributed by atoms with Gasteiger partial charge in [-0.1, -0.05) is 0 Å². The molecule has 3 heterocycles. The molecule has 2 aromatic rings. The van der Waals surface area contributed by atoms with Gasteiger partial charge in [0.25, 0.3) is 0 Å². The van der Waals surface area contributed by atoms with E-state index in [9.17, 15) is 5.11 Å². The minimum Gasteiger partial charge on any atom is -0.391 e. The van der Waals surface area contributed by atoms with E-state index in [4.69, 9.17) is 0 Å². The van der Waals surface area contributed by atoms with E-state index in [0.717, 1.165) is 36.4 Å². The van der Waals surface area contributed by atoms with Gasteiger partial charge in [-0.05, 0) is 19.0 Å². The van der Waals surface area contributed by atoms with Crippen LogP contribution in [0.3, 0.4) is 0 Å². The fourth-order valence-electron chi connectivity index (χ4n) is 2.15. The quantitative estimate of drug-likeness (QED) is 0.591. The van der Waals surface area contributed by atoms with Crippen molar-refractivity contribution in [2.45, 2.75) is 18.6 Å². The predicted molar refractivity (Wildman–Crippen MR) is 64.8 cm³/mol. The molecular weight excluding hydrogens is 218 g/mol. The van der Waals surface area contributed by atoms with Crippen LogP contribution in [0.2, 0.25) is 0 Å². The highest BCUT2D eigenvalue weighted by molar-refractivity contribution is 5.86. The molecule has 0 spiro atoms. The number of aliphatic hydroxyl groups excluding tert-OH is 1. The third-order valence-corrected chi connectivity index (χ3v) is 3.12. The Morgan fingerprint density at radius 1 is 1.41 bits per heavy atom. The highest BCUT2D eigenvalue weighted by Crippen LogP contribution is 2.19. The summed E-state index contributed by atoms with van der Waals surface area (Å²) in [5, 5.41) is 17.4. The minimum absolute atomic E-state index is 0.00301. The Kier molecular flexibility index (Phi) is 2.66. The first-order valence-electron chi connectivity index (χ1n) is 5.78. The number of piperidine rings is 1. The summed E-state index contributed by atoms with van der Waals surface area (Å²) in [6.07, 6.45) is 3.78. The zero-order chi connectivity index (χ0) is 11.7. The number of hydrogen-bond acceptors (Lipinski definition) is 5. The van der Waals surface area contributed by atoms with Gasteiger partial charge in [0, 0.05) is 12.7 Å². The molecule has 4 N–H and O–H groups in total. The molecule has 3 rings (SSSR count). The predicted octanol–water partition coefficient (Wildman–Crippen LogP) is 0.0926. The molecule has 2 atom stereocenters. The fraction of sp³-hybridized carbons (Fsp3) is 0.455. The third kappa shape index (κ3) is 1.96. The summed E-state index contributed by atoms with van der Waals surface area (Å²) in [6, 6.07) is 1.93. The molecular formula is C11H15N5O. The molecule has 0 amide bonds. The highest BCUT2D eigenvalue weighted by Gasteiger charge is 2.23. The Balaban J connectivity index is 1.86. The van der Waals surface area contributed by atoms with Gasteiger partial charge in [-0.3, -0.25) is 0 Å². The van der Waals surface area contributed by atoms with Crippen LogP contribution in [0.5, 0.6) is 0 Å². The Morgan fingerprint density at radius 2 is 2.35 bits per heavy atom. The first-order chi connectivity index (χ1) is 8.34. The van der Waals surface area contributed by atoms with Gasteiger partial charge in [0.05, 0.1) is 17.5 Å². The second-order valence-electron chi connectivity index (χ2n) is 4.27. The Hall–Kier alpha value is -1.66. The summed E-state index contributed by atoms with van der Waals surface area (Å²) in [4.78, 5) is 11.4. The molecule has 0 unspecified atom stereocenters. The van der Waals surface area contributed by atoms with Gasteiger partial charge in [0.2, 0.25) is 0 Å². The summed E-state index contributed by atoms with van der Waals surface area (Å²) < 4.78 is 0. The molecule has 0 aromatic carbocycles. The lowest BCUT2D eigenvalue weighted by Gasteiger charge is -2.29. The number of nitrogens with zero attached hydrogens (tertiary/aromatic N) is 2. The van der Waals surface area contributed by atoms with Crippen molar-refractivity contribution in [1.82, 2.24) is 20.3 Å². The van der Waals surface area contributed by atoms with Crippen LogP contribution in [0.15, 0.2) is 18.6 Å². The van der Waals surface area contributed by atoms with E-state index >= 15 is 0 Å². The van der Waals surface area contributed by atoms with Gasteiger partial charge in [-0.2, -0.15) is 0 Å². The molecule has 6 nitrogen and oxygen atoms in total. The minimum atomic E-state index is -0.333. The van der Waals surface area contributed by atoms with E-state index < -0.39 is 0 Å². The number of rotatable bonds is 2. The number of H-pyrrole nitrogens is 1. The molecule has 0 bridgehead atoms. The Bertz CT molecular complexity index is 511. The van der Waals surface area contributed by atoms with Crippen molar-refractivity contribution in [2.75, 3.05) is 18.4 Å². The van der Waals surface area contributed by atoms with Gasteiger partial charge < -0.3 is 20.7 Å². The number of anilines is 1. The molecule has 1 fully saturated rings. The van der Waals surface area contributed by atoms with Crippen molar-refractivity contribution >= 4 is 16.9 Å². The fourth-order valence-corrected chi connectivity index (χ4v) is 2.15. The van der Waals surface area contributed by atoms with E-state index in [2.05, 4.69) is 25.6 Å². The molecule has 0 saturated carbocycles. The first kappa shape index (κ1) is 10.5. The van der Waals surface area contributed by atoms with E-state index in [1.165, 1.54) is 6.33 Å². The highest BCUT2D eigenvalue weighted by atomic mass is 16.3. The summed E-state index contributed by atoms with van der Waals surface area (Å²) in [6.45, 7) is 1.61. The van der Waals surface area contributed by atoms with Crippen molar-refractivity contribution in [3.05, 3.63) is 18.6 Å². The number of aliphatic hydroxyl groups is 1. The van der Waals surface area contributed by atoms with E-state index in [0.29, 0.717) is 0 Å². The lowest BCUT2D eigenvalue weighted by atomic mass is 10.0. The topological polar surface area (TPSA) is 85.9 Å².